The normalized spacial score (nSPS) is 20.2. The fourth-order valence-corrected chi connectivity index (χ4v) is 8.25. The summed E-state index contributed by atoms with van der Waals surface area (Å²) in [5.74, 6) is -3.10. The van der Waals surface area contributed by atoms with E-state index in [0.717, 1.165) is 38.5 Å². The molecule has 5 atom stereocenters. The number of likely N-dealkylation sites (tertiary alicyclic amines) is 1. The van der Waals surface area contributed by atoms with Crippen molar-refractivity contribution in [1.82, 2.24) is 45.4 Å². The quantitative estimate of drug-likeness (QED) is 0.131. The van der Waals surface area contributed by atoms with Crippen LogP contribution in [0.5, 0.6) is 0 Å². The predicted molar refractivity (Wildman–Crippen MR) is 213 cm³/mol. The van der Waals surface area contributed by atoms with E-state index >= 15 is 0 Å². The van der Waals surface area contributed by atoms with Crippen molar-refractivity contribution in [1.29, 1.82) is 0 Å². The number of hydrogen-bond donors (Lipinski definition) is 4. The molecule has 5 aromatic rings. The number of ether oxygens (including phenoxy) is 2. The minimum Gasteiger partial charge on any atom is -0.453 e. The molecule has 3 aliphatic heterocycles. The van der Waals surface area contributed by atoms with Crippen LogP contribution < -0.4 is 15.5 Å². The average molecular weight is 823 g/mol. The number of halogens is 2. The number of methoxy groups -OCH3 is 2. The summed E-state index contributed by atoms with van der Waals surface area (Å²) in [6.45, 7) is 2.79. The van der Waals surface area contributed by atoms with Gasteiger partial charge in [0.2, 0.25) is 11.8 Å². The number of alkyl halides is 2. The molecule has 0 aliphatic carbocycles. The van der Waals surface area contributed by atoms with Gasteiger partial charge in [-0.3, -0.25) is 14.5 Å². The molecule has 8 rings (SSSR count). The molecule has 0 bridgehead atoms. The first kappa shape index (κ1) is 40.1. The van der Waals surface area contributed by atoms with Crippen molar-refractivity contribution in [2.75, 3.05) is 25.7 Å². The van der Waals surface area contributed by atoms with Crippen molar-refractivity contribution in [3.63, 3.8) is 0 Å². The minimum absolute atomic E-state index is 0.179. The molecule has 0 spiro atoms. The molecule has 6 heterocycles. The van der Waals surface area contributed by atoms with Crippen LogP contribution in [-0.2, 0) is 31.9 Å². The van der Waals surface area contributed by atoms with Crippen molar-refractivity contribution in [2.24, 2.45) is 5.92 Å². The first-order chi connectivity index (χ1) is 28.9. The van der Waals surface area contributed by atoms with Crippen molar-refractivity contribution in [3.05, 3.63) is 90.0 Å². The number of para-hydroxylation sites is 1. The highest BCUT2D eigenvalue weighted by Crippen LogP contribution is 2.45. The van der Waals surface area contributed by atoms with E-state index in [9.17, 15) is 28.0 Å². The molecule has 4 amide bonds. The number of amides is 4. The fourth-order valence-electron chi connectivity index (χ4n) is 8.25. The lowest BCUT2D eigenvalue weighted by Gasteiger charge is -2.30. The van der Waals surface area contributed by atoms with Gasteiger partial charge < -0.3 is 35.0 Å². The highest BCUT2D eigenvalue weighted by molar-refractivity contribution is 6.02. The van der Waals surface area contributed by atoms with E-state index < -0.39 is 61.1 Å². The summed E-state index contributed by atoms with van der Waals surface area (Å²) in [6, 6.07) is 10.4. The van der Waals surface area contributed by atoms with Gasteiger partial charge in [-0.05, 0) is 35.4 Å². The van der Waals surface area contributed by atoms with Crippen LogP contribution in [0.1, 0.15) is 68.0 Å². The third-order valence-electron chi connectivity index (χ3n) is 11.6. The Hall–Kier alpha value is -6.72. The lowest BCUT2D eigenvalue weighted by molar-refractivity contribution is -0.137. The summed E-state index contributed by atoms with van der Waals surface area (Å²) in [6.07, 6.45) is 6.48. The molecular formula is C42H44F2N10O6. The summed E-state index contributed by atoms with van der Waals surface area (Å²) in [5.41, 5.74) is 6.35. The number of rotatable bonds is 10. The van der Waals surface area contributed by atoms with Gasteiger partial charge in [-0.15, -0.1) is 0 Å². The second-order valence-corrected chi connectivity index (χ2v) is 15.4. The number of aromatic nitrogens is 6. The second kappa shape index (κ2) is 16.1. The maximum Gasteiger partial charge on any atom is 0.407 e. The first-order valence-corrected chi connectivity index (χ1v) is 19.7. The number of nitrogens with one attached hydrogen (secondary N) is 4. The molecule has 3 aliphatic rings. The number of alkyl carbamates (subject to hydrolysis) is 2. The Morgan fingerprint density at radius 1 is 0.867 bits per heavy atom. The zero-order valence-electron chi connectivity index (χ0n) is 33.4. The van der Waals surface area contributed by atoms with Crippen molar-refractivity contribution < 1.29 is 37.4 Å². The Bertz CT molecular complexity index is 2420. The van der Waals surface area contributed by atoms with E-state index in [-0.39, 0.29) is 17.6 Å². The molecule has 18 heteroatoms. The van der Waals surface area contributed by atoms with E-state index in [1.807, 2.05) is 49.4 Å². The number of aromatic amines is 2. The van der Waals surface area contributed by atoms with Gasteiger partial charge in [0, 0.05) is 36.4 Å². The van der Waals surface area contributed by atoms with Crippen LogP contribution in [0.25, 0.3) is 33.9 Å². The van der Waals surface area contributed by atoms with Gasteiger partial charge in [-0.25, -0.2) is 38.3 Å². The van der Waals surface area contributed by atoms with Crippen LogP contribution in [-0.4, -0.2) is 97.6 Å². The van der Waals surface area contributed by atoms with Gasteiger partial charge in [0.15, 0.2) is 5.82 Å². The van der Waals surface area contributed by atoms with E-state index in [2.05, 4.69) is 40.3 Å². The third-order valence-corrected chi connectivity index (χ3v) is 11.6. The van der Waals surface area contributed by atoms with Crippen molar-refractivity contribution in [3.8, 4) is 33.9 Å². The summed E-state index contributed by atoms with van der Waals surface area (Å²) in [4.78, 5) is 79.2. The van der Waals surface area contributed by atoms with E-state index in [1.165, 1.54) is 20.4 Å². The third kappa shape index (κ3) is 7.64. The molecular weight excluding hydrogens is 779 g/mol. The second-order valence-electron chi connectivity index (χ2n) is 15.4. The molecule has 60 heavy (non-hydrogen) atoms. The minimum atomic E-state index is -3.16. The zero-order valence-corrected chi connectivity index (χ0v) is 33.4. The predicted octanol–water partition coefficient (Wildman–Crippen LogP) is 5.90. The number of carbonyl (C=O) groups is 4. The van der Waals surface area contributed by atoms with E-state index in [1.54, 1.807) is 30.4 Å². The highest BCUT2D eigenvalue weighted by Gasteiger charge is 2.50. The number of imidazole rings is 2. The number of carbonyl (C=O) groups excluding carboxylic acids is 4. The Kier molecular flexibility index (Phi) is 10.8. The fraction of sp³-hybridized carbons (Fsp3) is 0.381. The van der Waals surface area contributed by atoms with Crippen molar-refractivity contribution in [2.45, 2.75) is 76.0 Å². The van der Waals surface area contributed by atoms with Crippen LogP contribution in [0.3, 0.4) is 0 Å². The van der Waals surface area contributed by atoms with Gasteiger partial charge in [-0.1, -0.05) is 62.7 Å². The summed E-state index contributed by atoms with van der Waals surface area (Å²) < 4.78 is 39.2. The Labute approximate surface area is 343 Å². The molecule has 16 nitrogen and oxygen atoms in total. The topological polar surface area (TPSA) is 200 Å². The molecule has 0 radical (unpaired) electrons. The van der Waals surface area contributed by atoms with Crippen LogP contribution in [0.4, 0.5) is 24.1 Å². The molecule has 1 fully saturated rings. The van der Waals surface area contributed by atoms with Gasteiger partial charge >= 0.3 is 12.2 Å². The summed E-state index contributed by atoms with van der Waals surface area (Å²) >= 11 is 0. The zero-order chi connectivity index (χ0) is 42.3. The Morgan fingerprint density at radius 3 is 2.17 bits per heavy atom. The molecule has 3 aromatic heterocycles. The van der Waals surface area contributed by atoms with Gasteiger partial charge in [0.05, 0.1) is 62.3 Å². The molecule has 1 unspecified atom stereocenters. The lowest BCUT2D eigenvalue weighted by atomic mass is 9.97. The van der Waals surface area contributed by atoms with Crippen LogP contribution in [0.15, 0.2) is 67.3 Å². The summed E-state index contributed by atoms with van der Waals surface area (Å²) in [5, 5.41) is 5.21. The maximum absolute atomic E-state index is 14.9. The number of nitrogens with zero attached hydrogens (tertiary/aromatic N) is 6. The molecule has 0 saturated carbocycles. The molecule has 312 valence electrons. The Morgan fingerprint density at radius 2 is 1.50 bits per heavy atom. The highest BCUT2D eigenvalue weighted by atomic mass is 19.3. The van der Waals surface area contributed by atoms with Gasteiger partial charge in [-0.2, -0.15) is 0 Å². The number of anilines is 1. The monoisotopic (exact) mass is 822 g/mol. The number of aryl methyl sites for hydroxylation is 1. The number of hydrogen-bond acceptors (Lipinski definition) is 10. The lowest BCUT2D eigenvalue weighted by Crippen LogP contribution is -2.52. The smallest absolute Gasteiger partial charge is 0.407 e. The van der Waals surface area contributed by atoms with E-state index in [0.29, 0.717) is 48.6 Å². The van der Waals surface area contributed by atoms with Crippen LogP contribution in [0.2, 0.25) is 0 Å². The van der Waals surface area contributed by atoms with Gasteiger partial charge in [0.25, 0.3) is 5.92 Å². The SMILES string of the molecule is CC[C@H](C)[C@H](NC(=O)OC)C(=O)N1CC(F)(F)CC1c1ncc(-c2cnc(-c3ccc(-c4cnc([C@@H]5Cc6cccc7c6N5C(=O)[C@@H](NC(=O)OC)CC7)[nH]4)cc3)nc2)[nH]1. The standard InChI is InChI=1S/C42H44F2N10O6/c1-5-22(2)33(52-41(58)60-4)39(56)53-21-42(43,44)16-32(53)37-48-20-30(50-37)27-17-45-35(46-18-27)25-11-9-23(10-12-25)29-19-47-36(49-29)31-15-26-8-6-7-24-13-14-28(51-40(57)59-3)38(55)54(31)34(24)26/h6-12,17-20,22,28,31-33H,5,13-16,21H2,1-4H3,(H,47,49)(H,48,50)(H,51,57)(H,52,58)/t22-,28-,31-,32?,33-/m0/s1. The maximum atomic E-state index is 14.9. The van der Waals surface area contributed by atoms with Crippen LogP contribution >= 0.6 is 0 Å². The number of H-pyrrole nitrogens is 2. The molecule has 1 saturated heterocycles. The van der Waals surface area contributed by atoms with E-state index in [4.69, 9.17) is 9.72 Å². The molecule has 2 aromatic carbocycles. The largest absolute Gasteiger partial charge is 0.453 e. The van der Waals surface area contributed by atoms with Gasteiger partial charge in [0.1, 0.15) is 23.7 Å². The Balaban J connectivity index is 0.964. The number of benzene rings is 2. The first-order valence-electron chi connectivity index (χ1n) is 19.7. The van der Waals surface area contributed by atoms with Crippen molar-refractivity contribution >= 4 is 29.7 Å². The summed E-state index contributed by atoms with van der Waals surface area (Å²) in [7, 11) is 2.44. The average Bonchev–Trinajstić information content (AvgIpc) is 4.07. The van der Waals surface area contributed by atoms with Crippen LogP contribution in [0, 0.1) is 5.92 Å². The molecule has 4 N–H and O–H groups in total.